The third-order valence-electron chi connectivity index (χ3n) is 2.27. The average molecular weight is 281 g/mol. The molecule has 84 valence electrons. The monoisotopic (exact) mass is 280 g/mol. The van der Waals surface area contributed by atoms with Gasteiger partial charge in [-0.1, -0.05) is 28.1 Å². The second-order valence-electron chi connectivity index (χ2n) is 3.48. The molecule has 0 amide bonds. The standard InChI is InChI=1S/C12H13BrN2O/c1-14-7-6-12-15-8-11(16-12)9-2-4-10(13)5-3-9/h2-5,8,14H,6-7H2,1H3. The van der Waals surface area contributed by atoms with E-state index in [1.807, 2.05) is 31.3 Å². The van der Waals surface area contributed by atoms with E-state index in [9.17, 15) is 0 Å². The summed E-state index contributed by atoms with van der Waals surface area (Å²) in [4.78, 5) is 4.23. The maximum absolute atomic E-state index is 5.65. The molecule has 0 aliphatic carbocycles. The summed E-state index contributed by atoms with van der Waals surface area (Å²) < 4.78 is 6.71. The van der Waals surface area contributed by atoms with E-state index in [0.717, 1.165) is 34.7 Å². The molecule has 0 saturated carbocycles. The van der Waals surface area contributed by atoms with Gasteiger partial charge in [-0.2, -0.15) is 0 Å². The van der Waals surface area contributed by atoms with Gasteiger partial charge < -0.3 is 9.73 Å². The Balaban J connectivity index is 2.15. The van der Waals surface area contributed by atoms with Crippen molar-refractivity contribution in [1.82, 2.24) is 10.3 Å². The van der Waals surface area contributed by atoms with E-state index in [0.29, 0.717) is 0 Å². The Bertz CT molecular complexity index is 450. The van der Waals surface area contributed by atoms with Crippen molar-refractivity contribution in [3.8, 4) is 11.3 Å². The number of nitrogens with one attached hydrogen (secondary N) is 1. The van der Waals surface area contributed by atoms with Crippen LogP contribution in [0.3, 0.4) is 0 Å². The summed E-state index contributed by atoms with van der Waals surface area (Å²) in [6, 6.07) is 8.00. The highest BCUT2D eigenvalue weighted by molar-refractivity contribution is 9.10. The number of hydrogen-bond acceptors (Lipinski definition) is 3. The Morgan fingerprint density at radius 1 is 1.31 bits per heavy atom. The van der Waals surface area contributed by atoms with Gasteiger partial charge in [-0.15, -0.1) is 0 Å². The first kappa shape index (κ1) is 11.4. The first-order valence-corrected chi connectivity index (χ1v) is 5.94. The maximum Gasteiger partial charge on any atom is 0.196 e. The van der Waals surface area contributed by atoms with Gasteiger partial charge in [0.2, 0.25) is 0 Å². The molecule has 0 fully saturated rings. The lowest BCUT2D eigenvalue weighted by molar-refractivity contribution is 0.501. The number of hydrogen-bond donors (Lipinski definition) is 1. The van der Waals surface area contributed by atoms with Gasteiger partial charge in [0.25, 0.3) is 0 Å². The lowest BCUT2D eigenvalue weighted by atomic mass is 10.2. The van der Waals surface area contributed by atoms with Crippen molar-refractivity contribution >= 4 is 15.9 Å². The highest BCUT2D eigenvalue weighted by Gasteiger charge is 2.05. The van der Waals surface area contributed by atoms with Crippen molar-refractivity contribution in [2.24, 2.45) is 0 Å². The van der Waals surface area contributed by atoms with Crippen LogP contribution in [-0.4, -0.2) is 18.6 Å². The number of halogens is 1. The zero-order valence-corrected chi connectivity index (χ0v) is 10.6. The van der Waals surface area contributed by atoms with E-state index in [1.54, 1.807) is 6.20 Å². The zero-order valence-electron chi connectivity index (χ0n) is 9.03. The predicted octanol–water partition coefficient (Wildman–Crippen LogP) is 2.87. The van der Waals surface area contributed by atoms with Gasteiger partial charge in [-0.25, -0.2) is 4.98 Å². The quantitative estimate of drug-likeness (QED) is 0.936. The van der Waals surface area contributed by atoms with Crippen molar-refractivity contribution < 1.29 is 4.42 Å². The number of benzene rings is 1. The van der Waals surface area contributed by atoms with E-state index in [2.05, 4.69) is 26.2 Å². The fourth-order valence-corrected chi connectivity index (χ4v) is 1.67. The average Bonchev–Trinajstić information content (AvgIpc) is 2.76. The Hall–Kier alpha value is -1.13. The summed E-state index contributed by atoms with van der Waals surface area (Å²) in [5, 5.41) is 3.07. The Morgan fingerprint density at radius 3 is 2.75 bits per heavy atom. The molecule has 0 aliphatic heterocycles. The fourth-order valence-electron chi connectivity index (χ4n) is 1.41. The van der Waals surface area contributed by atoms with Gasteiger partial charge >= 0.3 is 0 Å². The topological polar surface area (TPSA) is 38.1 Å². The molecule has 3 nitrogen and oxygen atoms in total. The number of oxazole rings is 1. The third kappa shape index (κ3) is 2.71. The van der Waals surface area contributed by atoms with Crippen molar-refractivity contribution in [2.45, 2.75) is 6.42 Å². The molecule has 16 heavy (non-hydrogen) atoms. The fraction of sp³-hybridized carbons (Fsp3) is 0.250. The van der Waals surface area contributed by atoms with Gasteiger partial charge in [-0.05, 0) is 19.2 Å². The van der Waals surface area contributed by atoms with Crippen molar-refractivity contribution in [1.29, 1.82) is 0 Å². The predicted molar refractivity (Wildman–Crippen MR) is 67.3 cm³/mol. The SMILES string of the molecule is CNCCc1ncc(-c2ccc(Br)cc2)o1. The maximum atomic E-state index is 5.65. The molecular weight excluding hydrogens is 268 g/mol. The van der Waals surface area contributed by atoms with E-state index in [1.165, 1.54) is 0 Å². The minimum Gasteiger partial charge on any atom is -0.441 e. The highest BCUT2D eigenvalue weighted by Crippen LogP contribution is 2.22. The second-order valence-corrected chi connectivity index (χ2v) is 4.39. The summed E-state index contributed by atoms with van der Waals surface area (Å²) in [5.74, 6) is 1.59. The zero-order chi connectivity index (χ0) is 11.4. The normalized spacial score (nSPS) is 10.6. The Morgan fingerprint density at radius 2 is 2.06 bits per heavy atom. The minimum atomic E-state index is 0.771. The van der Waals surface area contributed by atoms with Crippen LogP contribution in [0.25, 0.3) is 11.3 Å². The van der Waals surface area contributed by atoms with Crippen LogP contribution < -0.4 is 5.32 Å². The summed E-state index contributed by atoms with van der Waals surface area (Å²) in [6.45, 7) is 0.875. The molecule has 0 saturated heterocycles. The Kier molecular flexibility index (Phi) is 3.74. The smallest absolute Gasteiger partial charge is 0.196 e. The molecule has 0 unspecified atom stereocenters. The van der Waals surface area contributed by atoms with Crippen molar-refractivity contribution in [3.63, 3.8) is 0 Å². The van der Waals surface area contributed by atoms with Crippen LogP contribution in [-0.2, 0) is 6.42 Å². The van der Waals surface area contributed by atoms with Crippen LogP contribution in [0.2, 0.25) is 0 Å². The molecule has 1 heterocycles. The number of aromatic nitrogens is 1. The van der Waals surface area contributed by atoms with Crippen LogP contribution in [0.15, 0.2) is 39.4 Å². The van der Waals surface area contributed by atoms with Gasteiger partial charge in [0, 0.05) is 23.0 Å². The largest absolute Gasteiger partial charge is 0.441 e. The van der Waals surface area contributed by atoms with E-state index in [4.69, 9.17) is 4.42 Å². The molecule has 4 heteroatoms. The van der Waals surface area contributed by atoms with Gasteiger partial charge in [0.15, 0.2) is 11.7 Å². The lowest BCUT2D eigenvalue weighted by Gasteiger charge is -1.96. The summed E-state index contributed by atoms with van der Waals surface area (Å²) >= 11 is 3.40. The molecule has 1 aromatic heterocycles. The lowest BCUT2D eigenvalue weighted by Crippen LogP contribution is -2.10. The molecule has 1 aromatic carbocycles. The van der Waals surface area contributed by atoms with Crippen LogP contribution in [0.4, 0.5) is 0 Å². The molecule has 0 aliphatic rings. The molecule has 2 rings (SSSR count). The first-order valence-electron chi connectivity index (χ1n) is 5.15. The summed E-state index contributed by atoms with van der Waals surface area (Å²) in [7, 11) is 1.92. The van der Waals surface area contributed by atoms with E-state index in [-0.39, 0.29) is 0 Å². The Labute approximate surface area is 103 Å². The molecule has 0 bridgehead atoms. The minimum absolute atomic E-state index is 0.771. The van der Waals surface area contributed by atoms with Crippen LogP contribution in [0, 0.1) is 0 Å². The van der Waals surface area contributed by atoms with Crippen LogP contribution >= 0.6 is 15.9 Å². The van der Waals surface area contributed by atoms with E-state index >= 15 is 0 Å². The van der Waals surface area contributed by atoms with Crippen molar-refractivity contribution in [3.05, 3.63) is 40.8 Å². The molecule has 0 atom stereocenters. The molecule has 0 radical (unpaired) electrons. The number of likely N-dealkylation sites (N-methyl/N-ethyl adjacent to an activating group) is 1. The van der Waals surface area contributed by atoms with Crippen LogP contribution in [0.1, 0.15) is 5.89 Å². The number of rotatable bonds is 4. The van der Waals surface area contributed by atoms with Crippen molar-refractivity contribution in [2.75, 3.05) is 13.6 Å². The first-order chi connectivity index (χ1) is 7.79. The molecule has 2 aromatic rings. The summed E-state index contributed by atoms with van der Waals surface area (Å²) in [6.07, 6.45) is 2.58. The van der Waals surface area contributed by atoms with Gasteiger partial charge in [0.1, 0.15) is 0 Å². The van der Waals surface area contributed by atoms with Crippen LogP contribution in [0.5, 0.6) is 0 Å². The molecule has 0 spiro atoms. The third-order valence-corrected chi connectivity index (χ3v) is 2.80. The number of nitrogens with zero attached hydrogens (tertiary/aromatic N) is 1. The van der Waals surface area contributed by atoms with Gasteiger partial charge in [-0.3, -0.25) is 0 Å². The molecular formula is C12H13BrN2O. The second kappa shape index (κ2) is 5.27. The van der Waals surface area contributed by atoms with Gasteiger partial charge in [0.05, 0.1) is 6.20 Å². The highest BCUT2D eigenvalue weighted by atomic mass is 79.9. The summed E-state index contributed by atoms with van der Waals surface area (Å²) in [5.41, 5.74) is 1.05. The molecule has 1 N–H and O–H groups in total. The van der Waals surface area contributed by atoms with E-state index < -0.39 is 0 Å².